The van der Waals surface area contributed by atoms with Crippen LogP contribution in [0.1, 0.15) is 28.8 Å². The van der Waals surface area contributed by atoms with Gasteiger partial charge in [0.1, 0.15) is 0 Å². The zero-order valence-corrected chi connectivity index (χ0v) is 21.4. The Labute approximate surface area is 225 Å². The molecule has 0 aliphatic carbocycles. The third-order valence-corrected chi connectivity index (χ3v) is 8.02. The molecule has 7 heteroatoms. The second kappa shape index (κ2) is 9.88. The SMILES string of the molecule is O=C(C1=NN(c2ccccc2)[C@@]2(CCC(c3ccc(Cl)cc3)=NN2c2ccccc2)S1)c1ccccc1. The Morgan fingerprint density at radius 2 is 1.27 bits per heavy atom. The lowest BCUT2D eigenvalue weighted by molar-refractivity contribution is 0.106. The molecule has 0 radical (unpaired) electrons. The van der Waals surface area contributed by atoms with Gasteiger partial charge in [-0.3, -0.25) is 4.79 Å². The van der Waals surface area contributed by atoms with Crippen molar-refractivity contribution in [3.63, 3.8) is 0 Å². The highest BCUT2D eigenvalue weighted by molar-refractivity contribution is 8.17. The van der Waals surface area contributed by atoms with Crippen molar-refractivity contribution in [1.29, 1.82) is 0 Å². The van der Waals surface area contributed by atoms with E-state index in [1.807, 2.05) is 125 Å². The van der Waals surface area contributed by atoms with E-state index >= 15 is 0 Å². The highest BCUT2D eigenvalue weighted by Crippen LogP contribution is 2.50. The van der Waals surface area contributed by atoms with Gasteiger partial charge in [0, 0.05) is 17.0 Å². The van der Waals surface area contributed by atoms with E-state index in [4.69, 9.17) is 21.8 Å². The van der Waals surface area contributed by atoms with Crippen molar-refractivity contribution in [3.05, 3.63) is 131 Å². The molecule has 2 heterocycles. The van der Waals surface area contributed by atoms with E-state index in [-0.39, 0.29) is 5.78 Å². The first-order valence-corrected chi connectivity index (χ1v) is 13.2. The molecule has 6 rings (SSSR count). The zero-order chi connectivity index (χ0) is 25.2. The predicted molar refractivity (Wildman–Crippen MR) is 154 cm³/mol. The van der Waals surface area contributed by atoms with Crippen LogP contribution in [0.3, 0.4) is 0 Å². The second-order valence-electron chi connectivity index (χ2n) is 8.79. The first-order chi connectivity index (χ1) is 18.1. The Morgan fingerprint density at radius 1 is 0.730 bits per heavy atom. The molecule has 2 aliphatic rings. The Hall–Kier alpha value is -3.87. The van der Waals surface area contributed by atoms with Crippen molar-refractivity contribution in [2.75, 3.05) is 10.0 Å². The molecule has 0 unspecified atom stereocenters. The fraction of sp³-hybridized carbons (Fsp3) is 0.100. The van der Waals surface area contributed by atoms with Crippen molar-refractivity contribution in [1.82, 2.24) is 0 Å². The molecular formula is C30H23ClN4OS. The number of halogens is 1. The third-order valence-electron chi connectivity index (χ3n) is 6.43. The van der Waals surface area contributed by atoms with Gasteiger partial charge in [0.2, 0.25) is 10.8 Å². The average molecular weight is 523 g/mol. The third kappa shape index (κ3) is 4.43. The predicted octanol–water partition coefficient (Wildman–Crippen LogP) is 7.45. The summed E-state index contributed by atoms with van der Waals surface area (Å²) in [5.74, 6) is -0.0936. The van der Waals surface area contributed by atoms with Gasteiger partial charge < -0.3 is 0 Å². The van der Waals surface area contributed by atoms with Crippen molar-refractivity contribution >= 4 is 51.3 Å². The first kappa shape index (κ1) is 23.5. The van der Waals surface area contributed by atoms with E-state index in [1.165, 1.54) is 11.8 Å². The van der Waals surface area contributed by atoms with E-state index in [1.54, 1.807) is 0 Å². The number of ketones is 1. The van der Waals surface area contributed by atoms with Crippen molar-refractivity contribution < 1.29 is 4.79 Å². The molecule has 0 saturated heterocycles. The molecule has 0 fully saturated rings. The van der Waals surface area contributed by atoms with Crippen LogP contribution in [-0.4, -0.2) is 21.5 Å². The number of nitrogens with zero attached hydrogens (tertiary/aromatic N) is 4. The normalized spacial score (nSPS) is 19.1. The molecule has 4 aromatic rings. The van der Waals surface area contributed by atoms with Gasteiger partial charge >= 0.3 is 0 Å². The number of carbonyl (C=O) groups excluding carboxylic acids is 1. The monoisotopic (exact) mass is 522 g/mol. The van der Waals surface area contributed by atoms with Crippen LogP contribution in [0, 0.1) is 0 Å². The van der Waals surface area contributed by atoms with E-state index in [0.717, 1.165) is 22.6 Å². The molecular weight excluding hydrogens is 500 g/mol. The topological polar surface area (TPSA) is 48.3 Å². The molecule has 37 heavy (non-hydrogen) atoms. The molecule has 4 aromatic carbocycles. The fourth-order valence-electron chi connectivity index (χ4n) is 4.62. The minimum Gasteiger partial charge on any atom is -0.286 e. The highest BCUT2D eigenvalue weighted by Gasteiger charge is 2.53. The molecule has 0 N–H and O–H groups in total. The summed E-state index contributed by atoms with van der Waals surface area (Å²) in [5.41, 5.74) is 4.42. The maximum Gasteiger partial charge on any atom is 0.219 e. The number of anilines is 2. The van der Waals surface area contributed by atoms with Crippen molar-refractivity contribution in [3.8, 4) is 0 Å². The largest absolute Gasteiger partial charge is 0.286 e. The summed E-state index contributed by atoms with van der Waals surface area (Å²) in [6.45, 7) is 0. The summed E-state index contributed by atoms with van der Waals surface area (Å²) in [6, 6.07) is 37.1. The van der Waals surface area contributed by atoms with E-state index in [0.29, 0.717) is 28.5 Å². The van der Waals surface area contributed by atoms with Gasteiger partial charge in [-0.2, -0.15) is 10.2 Å². The maximum atomic E-state index is 13.6. The van der Waals surface area contributed by atoms with Crippen molar-refractivity contribution in [2.24, 2.45) is 10.2 Å². The Balaban J connectivity index is 1.49. The highest BCUT2D eigenvalue weighted by atomic mass is 35.5. The summed E-state index contributed by atoms with van der Waals surface area (Å²) in [7, 11) is 0. The van der Waals surface area contributed by atoms with E-state index < -0.39 is 4.99 Å². The molecule has 1 atom stereocenters. The Bertz CT molecular complexity index is 1480. The number of Topliss-reactive ketones (excluding diaryl/α,β-unsaturated/α-hetero) is 1. The summed E-state index contributed by atoms with van der Waals surface area (Å²) in [6.07, 6.45) is 1.40. The van der Waals surface area contributed by atoms with Gasteiger partial charge in [0.05, 0.1) is 17.1 Å². The number of benzene rings is 4. The molecule has 1 spiro atoms. The molecule has 182 valence electrons. The molecule has 0 bridgehead atoms. The van der Waals surface area contributed by atoms with Crippen LogP contribution in [0.4, 0.5) is 11.4 Å². The van der Waals surface area contributed by atoms with Crippen LogP contribution in [0.2, 0.25) is 5.02 Å². The van der Waals surface area contributed by atoms with Gasteiger partial charge in [0.25, 0.3) is 0 Å². The Kier molecular flexibility index (Phi) is 6.28. The summed E-state index contributed by atoms with van der Waals surface area (Å²) < 4.78 is 0. The molecule has 2 aliphatic heterocycles. The Morgan fingerprint density at radius 3 is 1.86 bits per heavy atom. The number of rotatable bonds is 5. The standard InChI is InChI=1S/C30H23ClN4OS/c31-24-18-16-22(17-19-24)27-20-21-30(34(32-27)25-12-6-2-7-13-25)35(26-14-8-3-9-15-26)33-29(37-30)28(36)23-10-4-1-5-11-23/h1-19H,20-21H2/t30-/m0/s1. The number of hydrogen-bond acceptors (Lipinski definition) is 6. The van der Waals surface area contributed by atoms with Crippen molar-refractivity contribution in [2.45, 2.75) is 17.8 Å². The number of hydrazone groups is 2. The summed E-state index contributed by atoms with van der Waals surface area (Å²) in [5, 5.41) is 15.2. The van der Waals surface area contributed by atoms with Crippen LogP contribution in [0.5, 0.6) is 0 Å². The second-order valence-corrected chi connectivity index (χ2v) is 10.5. The van der Waals surface area contributed by atoms with Gasteiger partial charge in [-0.05, 0) is 60.1 Å². The van der Waals surface area contributed by atoms with Gasteiger partial charge in [-0.15, -0.1) is 0 Å². The average Bonchev–Trinajstić information content (AvgIpc) is 3.34. The van der Waals surface area contributed by atoms with Gasteiger partial charge in [-0.1, -0.05) is 90.5 Å². The maximum absolute atomic E-state index is 13.6. The lowest BCUT2D eigenvalue weighted by Crippen LogP contribution is -2.56. The number of carbonyl (C=O) groups is 1. The van der Waals surface area contributed by atoms with Crippen LogP contribution in [-0.2, 0) is 0 Å². The summed E-state index contributed by atoms with van der Waals surface area (Å²) in [4.78, 5) is 12.8. The molecule has 0 saturated carbocycles. The van der Waals surface area contributed by atoms with E-state index in [9.17, 15) is 4.79 Å². The minimum atomic E-state index is -0.752. The van der Waals surface area contributed by atoms with Crippen LogP contribution in [0.15, 0.2) is 125 Å². The van der Waals surface area contributed by atoms with Crippen LogP contribution in [0.25, 0.3) is 0 Å². The number of para-hydroxylation sites is 2. The number of thioether (sulfide) groups is 1. The summed E-state index contributed by atoms with van der Waals surface area (Å²) >= 11 is 7.62. The van der Waals surface area contributed by atoms with Crippen LogP contribution >= 0.6 is 23.4 Å². The lowest BCUT2D eigenvalue weighted by atomic mass is 10.0. The van der Waals surface area contributed by atoms with E-state index in [2.05, 4.69) is 0 Å². The first-order valence-electron chi connectivity index (χ1n) is 12.1. The van der Waals surface area contributed by atoms with Crippen LogP contribution < -0.4 is 10.0 Å². The molecule has 0 amide bonds. The lowest BCUT2D eigenvalue weighted by Gasteiger charge is -2.46. The zero-order valence-electron chi connectivity index (χ0n) is 19.9. The molecule has 0 aromatic heterocycles. The number of hydrogen-bond donors (Lipinski definition) is 0. The smallest absolute Gasteiger partial charge is 0.219 e. The minimum absolute atomic E-state index is 0.0936. The van der Waals surface area contributed by atoms with Gasteiger partial charge in [0.15, 0.2) is 5.04 Å². The molecule has 5 nitrogen and oxygen atoms in total. The quantitative estimate of drug-likeness (QED) is 0.255. The van der Waals surface area contributed by atoms with Gasteiger partial charge in [-0.25, -0.2) is 10.0 Å². The fourth-order valence-corrected chi connectivity index (χ4v) is 6.06.